The highest BCUT2D eigenvalue weighted by Gasteiger charge is 2.31. The number of carbonyl (C=O) groups is 3. The predicted molar refractivity (Wildman–Crippen MR) is 111 cm³/mol. The van der Waals surface area contributed by atoms with E-state index in [0.717, 1.165) is 12.1 Å². The number of nitrogens with zero attached hydrogens (tertiary/aromatic N) is 1. The normalized spacial score (nSPS) is 17.3. The molecule has 8 heteroatoms. The first-order valence-corrected chi connectivity index (χ1v) is 9.69. The average Bonchev–Trinajstić information content (AvgIpc) is 2.69. The number of rotatable bonds is 9. The second-order valence-electron chi connectivity index (χ2n) is 6.91. The van der Waals surface area contributed by atoms with Crippen molar-refractivity contribution in [3.8, 4) is 0 Å². The van der Waals surface area contributed by atoms with E-state index in [1.54, 1.807) is 36.1 Å². The third-order valence-corrected chi connectivity index (χ3v) is 4.79. The number of hydrogen-bond acceptors (Lipinski definition) is 5. The van der Waals surface area contributed by atoms with Crippen LogP contribution in [-0.2, 0) is 19.1 Å². The van der Waals surface area contributed by atoms with Gasteiger partial charge >= 0.3 is 5.97 Å². The second-order valence-corrected chi connectivity index (χ2v) is 6.91. The van der Waals surface area contributed by atoms with Gasteiger partial charge < -0.3 is 20.7 Å². The zero-order valence-corrected chi connectivity index (χ0v) is 16.6. The fourth-order valence-corrected chi connectivity index (χ4v) is 3.30. The number of nitrogens with one attached hydrogen (secondary N) is 2. The topological polar surface area (TPSA) is 126 Å². The number of piperidine rings is 1. The van der Waals surface area contributed by atoms with Crippen LogP contribution in [0.5, 0.6) is 0 Å². The third kappa shape index (κ3) is 6.17. The van der Waals surface area contributed by atoms with Gasteiger partial charge in [-0.25, -0.2) is 0 Å². The summed E-state index contributed by atoms with van der Waals surface area (Å²) in [7, 11) is 0. The molecule has 1 unspecified atom stereocenters. The SMILES string of the molecule is C=CC(CC(=O)OCC)NC(=O)C[C@@H]1CCCN(c2ccc(C(=N)N)cc2)C1=O. The van der Waals surface area contributed by atoms with Gasteiger partial charge in [0.25, 0.3) is 0 Å². The van der Waals surface area contributed by atoms with Gasteiger partial charge in [0.05, 0.1) is 19.1 Å². The van der Waals surface area contributed by atoms with Crippen molar-refractivity contribution in [3.05, 3.63) is 42.5 Å². The minimum absolute atomic E-state index is 0.0102. The molecule has 2 rings (SSSR count). The van der Waals surface area contributed by atoms with Gasteiger partial charge in [-0.05, 0) is 44.0 Å². The molecule has 1 aliphatic rings. The van der Waals surface area contributed by atoms with Crippen molar-refractivity contribution < 1.29 is 19.1 Å². The molecule has 1 aromatic carbocycles. The zero-order chi connectivity index (χ0) is 21.4. The van der Waals surface area contributed by atoms with E-state index in [4.69, 9.17) is 15.9 Å². The summed E-state index contributed by atoms with van der Waals surface area (Å²) in [4.78, 5) is 38.6. The van der Waals surface area contributed by atoms with Crippen molar-refractivity contribution in [2.24, 2.45) is 11.7 Å². The number of carbonyl (C=O) groups excluding carboxylic acids is 3. The number of amidine groups is 1. The summed E-state index contributed by atoms with van der Waals surface area (Å²) in [6.45, 7) is 6.21. The van der Waals surface area contributed by atoms with Crippen LogP contribution < -0.4 is 16.0 Å². The van der Waals surface area contributed by atoms with Crippen LogP contribution in [0.1, 0.15) is 38.2 Å². The Bertz CT molecular complexity index is 775. The van der Waals surface area contributed by atoms with Crippen molar-refractivity contribution >= 4 is 29.3 Å². The Labute approximate surface area is 170 Å². The lowest BCUT2D eigenvalue weighted by Crippen LogP contribution is -2.44. The van der Waals surface area contributed by atoms with Gasteiger partial charge in [-0.3, -0.25) is 19.8 Å². The maximum Gasteiger partial charge on any atom is 0.308 e. The molecule has 8 nitrogen and oxygen atoms in total. The van der Waals surface area contributed by atoms with Crippen LogP contribution in [-0.4, -0.2) is 42.8 Å². The molecule has 0 bridgehead atoms. The van der Waals surface area contributed by atoms with Gasteiger partial charge in [-0.2, -0.15) is 0 Å². The van der Waals surface area contributed by atoms with Crippen molar-refractivity contribution in [3.63, 3.8) is 0 Å². The van der Waals surface area contributed by atoms with Crippen LogP contribution in [0.4, 0.5) is 5.69 Å². The Hall–Kier alpha value is -3.16. The van der Waals surface area contributed by atoms with Crippen molar-refractivity contribution in [2.75, 3.05) is 18.1 Å². The van der Waals surface area contributed by atoms with E-state index in [-0.39, 0.29) is 37.1 Å². The van der Waals surface area contributed by atoms with E-state index in [1.165, 1.54) is 6.08 Å². The Kier molecular flexibility index (Phi) is 7.94. The van der Waals surface area contributed by atoms with Crippen LogP contribution in [0.2, 0.25) is 0 Å². The molecule has 1 heterocycles. The quantitative estimate of drug-likeness (QED) is 0.252. The summed E-state index contributed by atoms with van der Waals surface area (Å²) in [5.74, 6) is -1.28. The van der Waals surface area contributed by atoms with E-state index in [1.807, 2.05) is 0 Å². The number of benzene rings is 1. The van der Waals surface area contributed by atoms with Gasteiger partial charge in [0, 0.05) is 30.1 Å². The summed E-state index contributed by atoms with van der Waals surface area (Å²) >= 11 is 0. The lowest BCUT2D eigenvalue weighted by Gasteiger charge is -2.32. The van der Waals surface area contributed by atoms with E-state index in [9.17, 15) is 14.4 Å². The second kappa shape index (κ2) is 10.4. The summed E-state index contributed by atoms with van der Waals surface area (Å²) in [6, 6.07) is 6.38. The molecule has 0 saturated carbocycles. The number of amides is 2. The van der Waals surface area contributed by atoms with Gasteiger partial charge in [0.1, 0.15) is 5.84 Å². The molecule has 0 aliphatic carbocycles. The first-order chi connectivity index (χ1) is 13.8. The van der Waals surface area contributed by atoms with Gasteiger partial charge in [-0.15, -0.1) is 6.58 Å². The van der Waals surface area contributed by atoms with Crippen LogP contribution >= 0.6 is 0 Å². The molecule has 1 aliphatic heterocycles. The highest BCUT2D eigenvalue weighted by Crippen LogP contribution is 2.26. The molecular weight excluding hydrogens is 372 g/mol. The zero-order valence-electron chi connectivity index (χ0n) is 16.6. The third-order valence-electron chi connectivity index (χ3n) is 4.79. The van der Waals surface area contributed by atoms with E-state index in [2.05, 4.69) is 11.9 Å². The maximum atomic E-state index is 12.9. The highest BCUT2D eigenvalue weighted by molar-refractivity contribution is 5.99. The lowest BCUT2D eigenvalue weighted by atomic mass is 9.92. The molecule has 1 saturated heterocycles. The number of ether oxygens (including phenoxy) is 1. The summed E-state index contributed by atoms with van der Waals surface area (Å²) in [6.07, 6.45) is 2.96. The van der Waals surface area contributed by atoms with E-state index in [0.29, 0.717) is 18.5 Å². The van der Waals surface area contributed by atoms with Crippen LogP contribution in [0.15, 0.2) is 36.9 Å². The molecule has 156 valence electrons. The van der Waals surface area contributed by atoms with E-state index >= 15 is 0 Å². The number of anilines is 1. The van der Waals surface area contributed by atoms with Crippen molar-refractivity contribution in [1.82, 2.24) is 5.32 Å². The molecular formula is C21H28N4O4. The number of nitrogens with two attached hydrogens (primary N) is 1. The molecule has 2 atom stereocenters. The van der Waals surface area contributed by atoms with Gasteiger partial charge in [0.2, 0.25) is 11.8 Å². The fourth-order valence-electron chi connectivity index (χ4n) is 3.30. The monoisotopic (exact) mass is 400 g/mol. The largest absolute Gasteiger partial charge is 0.466 e. The summed E-state index contributed by atoms with van der Waals surface area (Å²) < 4.78 is 4.89. The van der Waals surface area contributed by atoms with Gasteiger partial charge in [-0.1, -0.05) is 6.08 Å². The Morgan fingerprint density at radius 1 is 1.41 bits per heavy atom. The fraction of sp³-hybridized carbons (Fsp3) is 0.429. The van der Waals surface area contributed by atoms with Crippen LogP contribution in [0.25, 0.3) is 0 Å². The first kappa shape index (κ1) is 22.1. The number of esters is 1. The maximum absolute atomic E-state index is 12.9. The first-order valence-electron chi connectivity index (χ1n) is 9.69. The van der Waals surface area contributed by atoms with Crippen molar-refractivity contribution in [2.45, 2.75) is 38.6 Å². The number of hydrogen-bond donors (Lipinski definition) is 3. The Morgan fingerprint density at radius 2 is 2.10 bits per heavy atom. The molecule has 0 aromatic heterocycles. The number of nitrogen functional groups attached to an aromatic ring is 1. The minimum atomic E-state index is -0.532. The summed E-state index contributed by atoms with van der Waals surface area (Å²) in [5.41, 5.74) is 6.77. The Morgan fingerprint density at radius 3 is 2.69 bits per heavy atom. The molecule has 29 heavy (non-hydrogen) atoms. The molecule has 0 radical (unpaired) electrons. The van der Waals surface area contributed by atoms with E-state index < -0.39 is 17.9 Å². The molecule has 0 spiro atoms. The van der Waals surface area contributed by atoms with Gasteiger partial charge in [0.15, 0.2) is 0 Å². The van der Waals surface area contributed by atoms with Crippen LogP contribution in [0.3, 0.4) is 0 Å². The molecule has 1 aromatic rings. The average molecular weight is 400 g/mol. The molecule has 1 fully saturated rings. The minimum Gasteiger partial charge on any atom is -0.466 e. The standard InChI is InChI=1S/C21H28N4O4/c1-3-16(13-19(27)29-4-2)24-18(26)12-15-6-5-11-25(21(15)28)17-9-7-14(8-10-17)20(22)23/h3,7-10,15-16H,1,4-6,11-13H2,2H3,(H3,22,23)(H,24,26)/t15-,16?/m0/s1. The smallest absolute Gasteiger partial charge is 0.308 e. The lowest BCUT2D eigenvalue weighted by molar-refractivity contribution is -0.143. The highest BCUT2D eigenvalue weighted by atomic mass is 16.5. The Balaban J connectivity index is 1.97. The molecule has 4 N–H and O–H groups in total. The van der Waals surface area contributed by atoms with Crippen LogP contribution in [0, 0.1) is 11.3 Å². The molecule has 2 amide bonds. The predicted octanol–water partition coefficient (Wildman–Crippen LogP) is 1.73. The summed E-state index contributed by atoms with van der Waals surface area (Å²) in [5, 5.41) is 10.2. The van der Waals surface area contributed by atoms with Crippen molar-refractivity contribution in [1.29, 1.82) is 5.41 Å².